The summed E-state index contributed by atoms with van der Waals surface area (Å²) in [6, 6.07) is 14.4. The van der Waals surface area contributed by atoms with Gasteiger partial charge in [-0.15, -0.1) is 0 Å². The fourth-order valence-electron chi connectivity index (χ4n) is 4.35. The Morgan fingerprint density at radius 2 is 2.08 bits per heavy atom. The number of hydrogen-bond donors (Lipinski definition) is 0. The van der Waals surface area contributed by atoms with Crippen LogP contribution < -0.4 is 0 Å². The summed E-state index contributed by atoms with van der Waals surface area (Å²) in [7, 11) is 0. The maximum atomic E-state index is 8.96. The van der Waals surface area contributed by atoms with Gasteiger partial charge in [-0.05, 0) is 61.6 Å². The van der Waals surface area contributed by atoms with E-state index in [1.54, 1.807) is 0 Å². The van der Waals surface area contributed by atoms with Crippen molar-refractivity contribution < 1.29 is 4.74 Å². The number of hydrogen-bond acceptors (Lipinski definition) is 4. The average molecular weight is 347 g/mol. The zero-order valence-corrected chi connectivity index (χ0v) is 15.1. The van der Waals surface area contributed by atoms with E-state index >= 15 is 0 Å². The molecule has 0 radical (unpaired) electrons. The van der Waals surface area contributed by atoms with Crippen molar-refractivity contribution in [3.63, 3.8) is 0 Å². The molecule has 2 aliphatic heterocycles. The summed E-state index contributed by atoms with van der Waals surface area (Å²) in [6.45, 7) is 4.11. The van der Waals surface area contributed by atoms with Crippen LogP contribution in [0.5, 0.6) is 0 Å². The molecule has 0 bridgehead atoms. The summed E-state index contributed by atoms with van der Waals surface area (Å²) in [5, 5.41) is 8.96. The Labute approximate surface area is 155 Å². The molecule has 26 heavy (non-hydrogen) atoms. The Bertz CT molecular complexity index is 764. The normalized spacial score (nSPS) is 25.6. The molecule has 2 aliphatic rings. The van der Waals surface area contributed by atoms with E-state index < -0.39 is 0 Å². The first-order chi connectivity index (χ1) is 12.8. The molecule has 4 rings (SSSR count). The highest BCUT2D eigenvalue weighted by molar-refractivity contribution is 5.31. The molecule has 1 aromatic carbocycles. The lowest BCUT2D eigenvalue weighted by atomic mass is 9.73. The first-order valence-electron chi connectivity index (χ1n) is 9.49. The van der Waals surface area contributed by atoms with Crippen molar-refractivity contribution in [3.8, 4) is 6.07 Å². The fourth-order valence-corrected chi connectivity index (χ4v) is 4.35. The van der Waals surface area contributed by atoms with Gasteiger partial charge in [0.05, 0.1) is 17.7 Å². The Balaban J connectivity index is 1.42. The lowest BCUT2D eigenvalue weighted by Gasteiger charge is -2.43. The second kappa shape index (κ2) is 7.57. The lowest BCUT2D eigenvalue weighted by Crippen LogP contribution is -2.46. The van der Waals surface area contributed by atoms with E-state index in [0.717, 1.165) is 44.6 Å². The van der Waals surface area contributed by atoms with E-state index in [4.69, 9.17) is 10.00 Å². The maximum Gasteiger partial charge on any atom is 0.0991 e. The number of nitrogens with zero attached hydrogens (tertiary/aromatic N) is 3. The van der Waals surface area contributed by atoms with Crippen LogP contribution in [0.15, 0.2) is 48.8 Å². The minimum Gasteiger partial charge on any atom is -0.377 e. The minimum atomic E-state index is 0.258. The fraction of sp³-hybridized carbons (Fsp3) is 0.455. The molecule has 1 aromatic heterocycles. The van der Waals surface area contributed by atoms with Gasteiger partial charge in [0.2, 0.25) is 0 Å². The number of aromatic nitrogens is 1. The van der Waals surface area contributed by atoms with Gasteiger partial charge in [-0.3, -0.25) is 9.88 Å². The molecule has 0 saturated carbocycles. The van der Waals surface area contributed by atoms with Crippen molar-refractivity contribution >= 4 is 0 Å². The highest BCUT2D eigenvalue weighted by Gasteiger charge is 2.47. The van der Waals surface area contributed by atoms with E-state index in [2.05, 4.69) is 34.2 Å². The maximum absolute atomic E-state index is 8.96. The molecule has 2 aromatic rings. The van der Waals surface area contributed by atoms with E-state index in [-0.39, 0.29) is 5.41 Å². The van der Waals surface area contributed by atoms with E-state index in [9.17, 15) is 0 Å². The van der Waals surface area contributed by atoms with Gasteiger partial charge in [0, 0.05) is 37.5 Å². The molecular formula is C22H25N3O. The topological polar surface area (TPSA) is 49.1 Å². The summed E-state index contributed by atoms with van der Waals surface area (Å²) in [6.07, 6.45) is 8.79. The Hall–Kier alpha value is -2.22. The highest BCUT2D eigenvalue weighted by atomic mass is 16.5. The van der Waals surface area contributed by atoms with Gasteiger partial charge in [0.1, 0.15) is 0 Å². The Kier molecular flexibility index (Phi) is 5.01. The quantitative estimate of drug-likeness (QED) is 0.801. The summed E-state index contributed by atoms with van der Waals surface area (Å²) >= 11 is 0. The van der Waals surface area contributed by atoms with Gasteiger partial charge in [-0.2, -0.15) is 5.26 Å². The average Bonchev–Trinajstić information content (AvgIpc) is 3.03. The molecule has 134 valence electrons. The zero-order chi connectivity index (χ0) is 17.8. The zero-order valence-electron chi connectivity index (χ0n) is 15.1. The minimum absolute atomic E-state index is 0.258. The number of ether oxygens (including phenoxy) is 1. The van der Waals surface area contributed by atoms with Gasteiger partial charge >= 0.3 is 0 Å². The number of rotatable bonds is 6. The predicted molar refractivity (Wildman–Crippen MR) is 100 cm³/mol. The third-order valence-corrected chi connectivity index (χ3v) is 5.97. The Morgan fingerprint density at radius 1 is 1.23 bits per heavy atom. The molecule has 0 amide bonds. The number of aryl methyl sites for hydroxylation is 1. The molecule has 4 heteroatoms. The smallest absolute Gasteiger partial charge is 0.0991 e. The molecule has 2 fully saturated rings. The van der Waals surface area contributed by atoms with Gasteiger partial charge in [0.15, 0.2) is 0 Å². The van der Waals surface area contributed by atoms with Crippen molar-refractivity contribution in [1.29, 1.82) is 5.26 Å². The molecular weight excluding hydrogens is 322 g/mol. The molecule has 4 nitrogen and oxygen atoms in total. The molecule has 0 spiro atoms. The van der Waals surface area contributed by atoms with Crippen molar-refractivity contribution in [2.45, 2.75) is 38.3 Å². The Morgan fingerprint density at radius 3 is 2.73 bits per heavy atom. The van der Waals surface area contributed by atoms with Crippen LogP contribution in [0.4, 0.5) is 0 Å². The van der Waals surface area contributed by atoms with Gasteiger partial charge < -0.3 is 4.74 Å². The summed E-state index contributed by atoms with van der Waals surface area (Å²) < 4.78 is 5.96. The number of likely N-dealkylation sites (tertiary alicyclic amines) is 1. The molecule has 3 heterocycles. The number of pyridine rings is 1. The highest BCUT2D eigenvalue weighted by Crippen LogP contribution is 2.44. The van der Waals surface area contributed by atoms with Crippen LogP contribution in [0.25, 0.3) is 0 Å². The van der Waals surface area contributed by atoms with Crippen LogP contribution in [0.3, 0.4) is 0 Å². The van der Waals surface area contributed by atoms with Crippen molar-refractivity contribution in [1.82, 2.24) is 9.88 Å². The van der Waals surface area contributed by atoms with Crippen LogP contribution in [-0.4, -0.2) is 35.7 Å². The number of benzene rings is 1. The second-order valence-electron chi connectivity index (χ2n) is 7.64. The van der Waals surface area contributed by atoms with Crippen LogP contribution in [0, 0.1) is 16.7 Å². The summed E-state index contributed by atoms with van der Waals surface area (Å²) in [4.78, 5) is 6.79. The predicted octanol–water partition coefficient (Wildman–Crippen LogP) is 3.57. The van der Waals surface area contributed by atoms with Gasteiger partial charge in [-0.1, -0.05) is 18.2 Å². The molecule has 2 saturated heterocycles. The van der Waals surface area contributed by atoms with E-state index in [0.29, 0.717) is 6.10 Å². The van der Waals surface area contributed by atoms with Crippen molar-refractivity contribution in [2.75, 3.05) is 19.7 Å². The van der Waals surface area contributed by atoms with Crippen molar-refractivity contribution in [2.24, 2.45) is 5.41 Å². The largest absolute Gasteiger partial charge is 0.377 e. The monoisotopic (exact) mass is 347 g/mol. The third-order valence-electron chi connectivity index (χ3n) is 5.97. The van der Waals surface area contributed by atoms with Crippen LogP contribution in [0.1, 0.15) is 36.0 Å². The molecule has 0 N–H and O–H groups in total. The summed E-state index contributed by atoms with van der Waals surface area (Å²) in [5.74, 6) is 0. The van der Waals surface area contributed by atoms with Crippen LogP contribution >= 0.6 is 0 Å². The van der Waals surface area contributed by atoms with Gasteiger partial charge in [0.25, 0.3) is 0 Å². The number of nitriles is 1. The molecule has 2 atom stereocenters. The second-order valence-corrected chi connectivity index (χ2v) is 7.64. The van der Waals surface area contributed by atoms with E-state index in [1.165, 1.54) is 24.0 Å². The molecule has 0 unspecified atom stereocenters. The SMILES string of the molecule is N#Cc1ccc(CC[C@]2([C@H]3CCO3)CCN(Cc3cccnc3)C2)cc1. The van der Waals surface area contributed by atoms with Gasteiger partial charge in [-0.25, -0.2) is 0 Å². The first kappa shape index (κ1) is 17.2. The molecule has 0 aliphatic carbocycles. The lowest BCUT2D eigenvalue weighted by molar-refractivity contribution is -0.126. The third kappa shape index (κ3) is 3.65. The first-order valence-corrected chi connectivity index (χ1v) is 9.49. The van der Waals surface area contributed by atoms with E-state index in [1.807, 2.05) is 30.6 Å². The van der Waals surface area contributed by atoms with Crippen molar-refractivity contribution in [3.05, 3.63) is 65.5 Å². The van der Waals surface area contributed by atoms with Crippen LogP contribution in [-0.2, 0) is 17.7 Å². The standard InChI is InChI=1S/C22H25N3O/c23-14-19-5-3-18(4-6-19)7-9-22(21-8-13-26-21)10-12-25(17-22)16-20-2-1-11-24-15-20/h1-6,11,15,21H,7-10,12-13,16-17H2/t21-,22+/m1/s1. The summed E-state index contributed by atoms with van der Waals surface area (Å²) in [5.41, 5.74) is 3.58. The van der Waals surface area contributed by atoms with Crippen LogP contribution in [0.2, 0.25) is 0 Å².